The number of hydrogen-bond donors (Lipinski definition) is 1. The molecule has 3 aliphatic heterocycles. The van der Waals surface area contributed by atoms with E-state index in [0.717, 1.165) is 76.6 Å². The number of likely N-dealkylation sites (tertiary alicyclic amines) is 2. The smallest absolute Gasteiger partial charge is 0.249 e. The standard InChI is InChI=1S/C29H40N6O4/c1-2-12-34-13-10-18(11-14-34)20-8-9-21(28(30)37)22(15-20)25(19-6-4-3-5-7-19)29(38)35-16-23(32-33-31)27-26(35)24(36)17-39-27/h8-9,15,18-19,23,25-27H,2-7,10-14,16-17H2,1H3,(H2,30,37)/t23-,25+,26-,27-/m1/s1. The summed E-state index contributed by atoms with van der Waals surface area (Å²) in [6, 6.07) is 4.49. The van der Waals surface area contributed by atoms with Gasteiger partial charge in [0.25, 0.3) is 0 Å². The maximum absolute atomic E-state index is 14.5. The number of amides is 2. The summed E-state index contributed by atoms with van der Waals surface area (Å²) < 4.78 is 5.67. The van der Waals surface area contributed by atoms with Crippen molar-refractivity contribution in [3.05, 3.63) is 45.3 Å². The highest BCUT2D eigenvalue weighted by Crippen LogP contribution is 2.42. The number of azide groups is 1. The van der Waals surface area contributed by atoms with Crippen molar-refractivity contribution in [2.75, 3.05) is 32.8 Å². The van der Waals surface area contributed by atoms with Crippen molar-refractivity contribution in [1.82, 2.24) is 9.80 Å². The number of primary amides is 1. The van der Waals surface area contributed by atoms with Crippen molar-refractivity contribution in [3.8, 4) is 0 Å². The molecule has 3 saturated heterocycles. The van der Waals surface area contributed by atoms with Crippen LogP contribution in [0.15, 0.2) is 23.3 Å². The van der Waals surface area contributed by atoms with Crippen LogP contribution in [0.3, 0.4) is 0 Å². The summed E-state index contributed by atoms with van der Waals surface area (Å²) >= 11 is 0. The number of piperidine rings is 1. The van der Waals surface area contributed by atoms with Crippen LogP contribution < -0.4 is 5.73 Å². The average Bonchev–Trinajstić information content (AvgIpc) is 3.51. The Hall–Kier alpha value is -2.94. The molecule has 0 aromatic heterocycles. The van der Waals surface area contributed by atoms with Gasteiger partial charge < -0.3 is 20.3 Å². The number of nitrogens with zero attached hydrogens (tertiary/aromatic N) is 5. The first kappa shape index (κ1) is 27.6. The highest BCUT2D eigenvalue weighted by molar-refractivity contribution is 5.99. The summed E-state index contributed by atoms with van der Waals surface area (Å²) in [5.41, 5.74) is 17.2. The largest absolute Gasteiger partial charge is 0.367 e. The molecule has 0 unspecified atom stereocenters. The molecule has 2 amide bonds. The molecule has 1 aromatic carbocycles. The molecule has 10 heteroatoms. The number of hydrogen-bond acceptors (Lipinski definition) is 6. The van der Waals surface area contributed by atoms with Crippen molar-refractivity contribution in [3.63, 3.8) is 0 Å². The maximum atomic E-state index is 14.5. The molecule has 5 rings (SSSR count). The lowest BCUT2D eigenvalue weighted by atomic mass is 9.73. The van der Waals surface area contributed by atoms with Crippen molar-refractivity contribution in [1.29, 1.82) is 0 Å². The van der Waals surface area contributed by atoms with E-state index >= 15 is 0 Å². The molecule has 4 aliphatic rings. The zero-order valence-corrected chi connectivity index (χ0v) is 22.8. The van der Waals surface area contributed by atoms with Gasteiger partial charge in [0.2, 0.25) is 11.8 Å². The van der Waals surface area contributed by atoms with Crippen LogP contribution in [0.5, 0.6) is 0 Å². The maximum Gasteiger partial charge on any atom is 0.249 e. The Balaban J connectivity index is 1.51. The topological polar surface area (TPSA) is 142 Å². The Morgan fingerprint density at radius 2 is 1.92 bits per heavy atom. The van der Waals surface area contributed by atoms with Gasteiger partial charge in [-0.25, -0.2) is 0 Å². The number of Topliss-reactive ketones (excluding diaryl/α,β-unsaturated/α-hetero) is 1. The lowest BCUT2D eigenvalue weighted by molar-refractivity contribution is -0.139. The molecule has 1 saturated carbocycles. The van der Waals surface area contributed by atoms with E-state index in [1.165, 1.54) is 0 Å². The summed E-state index contributed by atoms with van der Waals surface area (Å²) in [6.45, 7) is 5.42. The van der Waals surface area contributed by atoms with Crippen molar-refractivity contribution in [2.45, 2.75) is 88.3 Å². The summed E-state index contributed by atoms with van der Waals surface area (Å²) in [5, 5.41) is 3.85. The molecular formula is C29H40N6O4. The van der Waals surface area contributed by atoms with Crippen molar-refractivity contribution < 1.29 is 19.1 Å². The van der Waals surface area contributed by atoms with E-state index in [0.29, 0.717) is 17.0 Å². The molecule has 4 atom stereocenters. The quantitative estimate of drug-likeness (QED) is 0.305. The molecular weight excluding hydrogens is 496 g/mol. The summed E-state index contributed by atoms with van der Waals surface area (Å²) in [7, 11) is 0. The van der Waals surface area contributed by atoms with Crippen LogP contribution in [0.1, 0.15) is 91.6 Å². The number of carbonyl (C=O) groups is 3. The van der Waals surface area contributed by atoms with E-state index in [2.05, 4.69) is 27.9 Å². The van der Waals surface area contributed by atoms with E-state index in [1.54, 1.807) is 11.0 Å². The summed E-state index contributed by atoms with van der Waals surface area (Å²) in [4.78, 5) is 47.0. The Kier molecular flexibility index (Phi) is 8.54. The van der Waals surface area contributed by atoms with Gasteiger partial charge in [0.05, 0.1) is 18.1 Å². The molecule has 0 spiro atoms. The lowest BCUT2D eigenvalue weighted by Gasteiger charge is -2.36. The number of nitrogens with two attached hydrogens (primary N) is 1. The van der Waals surface area contributed by atoms with E-state index in [1.807, 2.05) is 6.07 Å². The first-order chi connectivity index (χ1) is 18.9. The predicted molar refractivity (Wildman–Crippen MR) is 146 cm³/mol. The van der Waals surface area contributed by atoms with E-state index in [9.17, 15) is 14.4 Å². The second kappa shape index (κ2) is 12.1. The first-order valence-electron chi connectivity index (χ1n) is 14.6. The van der Waals surface area contributed by atoms with Crippen LogP contribution in [0.4, 0.5) is 0 Å². The molecule has 3 heterocycles. The monoisotopic (exact) mass is 536 g/mol. The molecule has 4 fully saturated rings. The number of fused-ring (bicyclic) bond motifs is 1. The fraction of sp³-hybridized carbons (Fsp3) is 0.690. The van der Waals surface area contributed by atoms with E-state index in [-0.39, 0.29) is 30.8 Å². The second-order valence-electron chi connectivity index (χ2n) is 11.7. The number of rotatable bonds is 8. The molecule has 210 valence electrons. The molecule has 2 N–H and O–H groups in total. The molecule has 0 bridgehead atoms. The van der Waals surface area contributed by atoms with Crippen LogP contribution in [0.2, 0.25) is 0 Å². The van der Waals surface area contributed by atoms with Crippen LogP contribution in [-0.2, 0) is 14.3 Å². The van der Waals surface area contributed by atoms with Gasteiger partial charge in [-0.15, -0.1) is 0 Å². The number of ether oxygens (including phenoxy) is 1. The minimum Gasteiger partial charge on any atom is -0.367 e. The Labute approximate surface area is 229 Å². The lowest BCUT2D eigenvalue weighted by Crippen LogP contribution is -2.46. The number of ketones is 1. The normalized spacial score (nSPS) is 27.3. The molecule has 1 aliphatic carbocycles. The minimum atomic E-state index is -0.762. The van der Waals surface area contributed by atoms with E-state index in [4.69, 9.17) is 16.0 Å². The molecule has 39 heavy (non-hydrogen) atoms. The van der Waals surface area contributed by atoms with Crippen LogP contribution >= 0.6 is 0 Å². The third-order valence-electron chi connectivity index (χ3n) is 9.30. The fourth-order valence-electron chi connectivity index (χ4n) is 7.38. The van der Waals surface area contributed by atoms with Gasteiger partial charge in [0, 0.05) is 17.0 Å². The van der Waals surface area contributed by atoms with E-state index < -0.39 is 30.0 Å². The third kappa shape index (κ3) is 5.55. The Morgan fingerprint density at radius 3 is 2.59 bits per heavy atom. The van der Waals surface area contributed by atoms with Gasteiger partial charge in [-0.1, -0.05) is 43.4 Å². The van der Waals surface area contributed by atoms with Gasteiger partial charge in [0.1, 0.15) is 12.6 Å². The molecule has 1 aromatic rings. The fourth-order valence-corrected chi connectivity index (χ4v) is 7.38. The first-order valence-corrected chi connectivity index (χ1v) is 14.6. The van der Waals surface area contributed by atoms with Crippen molar-refractivity contribution in [2.24, 2.45) is 16.8 Å². The molecule has 0 radical (unpaired) electrons. The zero-order chi connectivity index (χ0) is 27.5. The minimum absolute atomic E-state index is 0.0420. The zero-order valence-electron chi connectivity index (χ0n) is 22.8. The highest BCUT2D eigenvalue weighted by Gasteiger charge is 2.53. The van der Waals surface area contributed by atoms with Gasteiger partial charge in [-0.05, 0) is 86.3 Å². The van der Waals surface area contributed by atoms with Crippen molar-refractivity contribution >= 4 is 17.6 Å². The number of benzene rings is 1. The van der Waals surface area contributed by atoms with Gasteiger partial charge in [-0.3, -0.25) is 14.4 Å². The molecule has 10 nitrogen and oxygen atoms in total. The Bertz CT molecular complexity index is 1140. The SMILES string of the molecule is CCCN1CCC(c2ccc(C(N)=O)c([C@@H](C(=O)N3C[C@@H](N=[N+]=[N-])[C@H]4OCC(=O)[C@H]43)C3CCCCC3)c2)CC1. The van der Waals surface area contributed by atoms with Crippen LogP contribution in [0.25, 0.3) is 10.4 Å². The second-order valence-corrected chi connectivity index (χ2v) is 11.7. The van der Waals surface area contributed by atoms with Gasteiger partial charge >= 0.3 is 0 Å². The van der Waals surface area contributed by atoms with Gasteiger partial charge in [-0.2, -0.15) is 0 Å². The van der Waals surface area contributed by atoms with Gasteiger partial charge in [0.15, 0.2) is 5.78 Å². The predicted octanol–water partition coefficient (Wildman–Crippen LogP) is 3.90. The Morgan fingerprint density at radius 1 is 1.18 bits per heavy atom. The summed E-state index contributed by atoms with van der Waals surface area (Å²) in [5.74, 6) is -1.10. The number of carbonyl (C=O) groups excluding carboxylic acids is 3. The van der Waals surface area contributed by atoms with Crippen LogP contribution in [-0.4, -0.2) is 78.4 Å². The average molecular weight is 537 g/mol. The summed E-state index contributed by atoms with van der Waals surface area (Å²) in [6.07, 6.45) is 7.49. The highest BCUT2D eigenvalue weighted by atomic mass is 16.5. The van der Waals surface area contributed by atoms with Crippen LogP contribution in [0, 0.1) is 5.92 Å². The third-order valence-corrected chi connectivity index (χ3v) is 9.30.